The van der Waals surface area contributed by atoms with Crippen LogP contribution in [-0.4, -0.2) is 35.8 Å². The Morgan fingerprint density at radius 1 is 1.08 bits per heavy atom. The molecule has 1 saturated heterocycles. The molecule has 0 aliphatic carbocycles. The molecular formula is C20H22N2O2. The number of carbonyl (C=O) groups excluding carboxylic acids is 2. The van der Waals surface area contributed by atoms with Gasteiger partial charge in [0.05, 0.1) is 5.92 Å². The number of nitrogens with one attached hydrogen (secondary N) is 1. The second-order valence-corrected chi connectivity index (χ2v) is 6.00. The Labute approximate surface area is 142 Å². The first-order valence-corrected chi connectivity index (χ1v) is 8.40. The number of hydrogen-bond acceptors (Lipinski definition) is 2. The zero-order valence-corrected chi connectivity index (χ0v) is 13.8. The number of nitrogens with zero attached hydrogens (tertiary/aromatic N) is 1. The smallest absolute Gasteiger partial charge is 0.242 e. The molecule has 0 bridgehead atoms. The van der Waals surface area contributed by atoms with Crippen LogP contribution in [0.4, 0.5) is 0 Å². The topological polar surface area (TPSA) is 49.4 Å². The van der Waals surface area contributed by atoms with Gasteiger partial charge in [-0.3, -0.25) is 9.59 Å². The molecule has 4 nitrogen and oxygen atoms in total. The average molecular weight is 322 g/mol. The molecule has 0 radical (unpaired) electrons. The third-order valence-corrected chi connectivity index (χ3v) is 4.51. The predicted octanol–water partition coefficient (Wildman–Crippen LogP) is 2.56. The SMILES string of the molecule is CCC1C(=O)NCCN1C(=O)C(c1ccccc1)c1ccccc1. The fourth-order valence-corrected chi connectivity index (χ4v) is 3.32. The number of piperazine rings is 1. The molecule has 1 aliphatic heterocycles. The van der Waals surface area contributed by atoms with Crippen LogP contribution >= 0.6 is 0 Å². The molecule has 0 spiro atoms. The van der Waals surface area contributed by atoms with Crippen molar-refractivity contribution in [2.24, 2.45) is 0 Å². The molecule has 2 amide bonds. The molecule has 1 aliphatic rings. The van der Waals surface area contributed by atoms with Gasteiger partial charge in [-0.15, -0.1) is 0 Å². The van der Waals surface area contributed by atoms with E-state index in [-0.39, 0.29) is 23.8 Å². The summed E-state index contributed by atoms with van der Waals surface area (Å²) >= 11 is 0. The lowest BCUT2D eigenvalue weighted by Gasteiger charge is -2.37. The monoisotopic (exact) mass is 322 g/mol. The molecule has 2 aromatic carbocycles. The Morgan fingerprint density at radius 3 is 2.12 bits per heavy atom. The molecule has 3 rings (SSSR count). The Kier molecular flexibility index (Phi) is 4.94. The minimum atomic E-state index is -0.388. The second kappa shape index (κ2) is 7.30. The number of carbonyl (C=O) groups is 2. The van der Waals surface area contributed by atoms with E-state index in [0.29, 0.717) is 19.5 Å². The van der Waals surface area contributed by atoms with Crippen LogP contribution in [0.5, 0.6) is 0 Å². The van der Waals surface area contributed by atoms with Gasteiger partial charge >= 0.3 is 0 Å². The molecule has 2 aromatic rings. The van der Waals surface area contributed by atoms with Crippen molar-refractivity contribution in [3.05, 3.63) is 71.8 Å². The van der Waals surface area contributed by atoms with Gasteiger partial charge < -0.3 is 10.2 Å². The zero-order chi connectivity index (χ0) is 16.9. The molecule has 1 fully saturated rings. The van der Waals surface area contributed by atoms with E-state index in [1.54, 1.807) is 4.90 Å². The lowest BCUT2D eigenvalue weighted by molar-refractivity contribution is -0.143. The molecule has 1 heterocycles. The van der Waals surface area contributed by atoms with Gasteiger partial charge in [-0.05, 0) is 17.5 Å². The molecule has 4 heteroatoms. The van der Waals surface area contributed by atoms with Crippen LogP contribution < -0.4 is 5.32 Å². The first-order chi connectivity index (χ1) is 11.7. The number of rotatable bonds is 4. The Bertz CT molecular complexity index is 661. The summed E-state index contributed by atoms with van der Waals surface area (Å²) in [6.07, 6.45) is 0.619. The van der Waals surface area contributed by atoms with Crippen molar-refractivity contribution >= 4 is 11.8 Å². The first-order valence-electron chi connectivity index (χ1n) is 8.40. The van der Waals surface area contributed by atoms with E-state index in [9.17, 15) is 9.59 Å². The summed E-state index contributed by atoms with van der Waals surface area (Å²) in [4.78, 5) is 27.2. The van der Waals surface area contributed by atoms with Crippen molar-refractivity contribution in [1.82, 2.24) is 10.2 Å². The largest absolute Gasteiger partial charge is 0.353 e. The van der Waals surface area contributed by atoms with Gasteiger partial charge in [-0.2, -0.15) is 0 Å². The van der Waals surface area contributed by atoms with Crippen LogP contribution in [0.15, 0.2) is 60.7 Å². The van der Waals surface area contributed by atoms with Crippen LogP contribution in [0.25, 0.3) is 0 Å². The first kappa shape index (κ1) is 16.2. The molecule has 0 aromatic heterocycles. The van der Waals surface area contributed by atoms with E-state index in [0.717, 1.165) is 11.1 Å². The predicted molar refractivity (Wildman–Crippen MR) is 93.5 cm³/mol. The van der Waals surface area contributed by atoms with Crippen molar-refractivity contribution in [2.45, 2.75) is 25.3 Å². The highest BCUT2D eigenvalue weighted by Gasteiger charge is 2.36. The van der Waals surface area contributed by atoms with Crippen LogP contribution in [0.3, 0.4) is 0 Å². The summed E-state index contributed by atoms with van der Waals surface area (Å²) in [6.45, 7) is 3.01. The summed E-state index contributed by atoms with van der Waals surface area (Å²) in [7, 11) is 0. The summed E-state index contributed by atoms with van der Waals surface area (Å²) in [5.41, 5.74) is 1.91. The Balaban J connectivity index is 1.99. The minimum Gasteiger partial charge on any atom is -0.353 e. The van der Waals surface area contributed by atoms with Gasteiger partial charge in [0.25, 0.3) is 0 Å². The van der Waals surface area contributed by atoms with Gasteiger partial charge in [0.2, 0.25) is 11.8 Å². The standard InChI is InChI=1S/C20H22N2O2/c1-2-17-19(23)21-13-14-22(17)20(24)18(15-9-5-3-6-10-15)16-11-7-4-8-12-16/h3-12,17-18H,2,13-14H2,1H3,(H,21,23). The van der Waals surface area contributed by atoms with E-state index >= 15 is 0 Å². The fraction of sp³-hybridized carbons (Fsp3) is 0.300. The maximum absolute atomic E-state index is 13.4. The van der Waals surface area contributed by atoms with E-state index < -0.39 is 0 Å². The van der Waals surface area contributed by atoms with E-state index in [2.05, 4.69) is 5.32 Å². The van der Waals surface area contributed by atoms with Gasteiger partial charge in [0.1, 0.15) is 6.04 Å². The highest BCUT2D eigenvalue weighted by Crippen LogP contribution is 2.28. The van der Waals surface area contributed by atoms with Crippen LogP contribution in [0.2, 0.25) is 0 Å². The maximum Gasteiger partial charge on any atom is 0.242 e. The number of amides is 2. The summed E-state index contributed by atoms with van der Waals surface area (Å²) < 4.78 is 0. The normalized spacial score (nSPS) is 17.7. The molecule has 124 valence electrons. The van der Waals surface area contributed by atoms with Gasteiger partial charge in [0, 0.05) is 13.1 Å². The molecule has 24 heavy (non-hydrogen) atoms. The van der Waals surface area contributed by atoms with Crippen molar-refractivity contribution in [1.29, 1.82) is 0 Å². The molecule has 0 saturated carbocycles. The summed E-state index contributed by atoms with van der Waals surface area (Å²) in [5.74, 6) is -0.446. The van der Waals surface area contributed by atoms with Crippen LogP contribution in [0, 0.1) is 0 Å². The van der Waals surface area contributed by atoms with Gasteiger partial charge in [0.15, 0.2) is 0 Å². The van der Waals surface area contributed by atoms with E-state index in [1.165, 1.54) is 0 Å². The van der Waals surface area contributed by atoms with Crippen molar-refractivity contribution < 1.29 is 9.59 Å². The highest BCUT2D eigenvalue weighted by atomic mass is 16.2. The average Bonchev–Trinajstić information content (AvgIpc) is 2.63. The summed E-state index contributed by atoms with van der Waals surface area (Å²) in [5, 5.41) is 2.85. The fourth-order valence-electron chi connectivity index (χ4n) is 3.32. The highest BCUT2D eigenvalue weighted by molar-refractivity contribution is 5.93. The lowest BCUT2D eigenvalue weighted by atomic mass is 9.89. The Morgan fingerprint density at radius 2 is 1.62 bits per heavy atom. The second-order valence-electron chi connectivity index (χ2n) is 6.00. The van der Waals surface area contributed by atoms with Gasteiger partial charge in [-0.25, -0.2) is 0 Å². The summed E-state index contributed by atoms with van der Waals surface area (Å²) in [6, 6.07) is 19.2. The van der Waals surface area contributed by atoms with Crippen LogP contribution in [-0.2, 0) is 9.59 Å². The molecule has 1 N–H and O–H groups in total. The number of benzene rings is 2. The Hall–Kier alpha value is -2.62. The molecule has 1 atom stereocenters. The van der Waals surface area contributed by atoms with Gasteiger partial charge in [-0.1, -0.05) is 67.6 Å². The molecular weight excluding hydrogens is 300 g/mol. The van der Waals surface area contributed by atoms with E-state index in [4.69, 9.17) is 0 Å². The quantitative estimate of drug-likeness (QED) is 0.940. The van der Waals surface area contributed by atoms with E-state index in [1.807, 2.05) is 67.6 Å². The zero-order valence-electron chi connectivity index (χ0n) is 13.8. The van der Waals surface area contributed by atoms with Crippen molar-refractivity contribution in [3.8, 4) is 0 Å². The third kappa shape index (κ3) is 3.18. The third-order valence-electron chi connectivity index (χ3n) is 4.51. The maximum atomic E-state index is 13.4. The van der Waals surface area contributed by atoms with Crippen LogP contribution in [0.1, 0.15) is 30.4 Å². The number of hydrogen-bond donors (Lipinski definition) is 1. The molecule has 1 unspecified atom stereocenters. The minimum absolute atomic E-state index is 0.00546. The lowest BCUT2D eigenvalue weighted by Crippen LogP contribution is -2.57. The van der Waals surface area contributed by atoms with Crippen molar-refractivity contribution in [3.63, 3.8) is 0 Å². The van der Waals surface area contributed by atoms with Crippen molar-refractivity contribution in [2.75, 3.05) is 13.1 Å².